The van der Waals surface area contributed by atoms with Gasteiger partial charge in [0.15, 0.2) is 0 Å². The molecule has 2 heterocycles. The summed E-state index contributed by atoms with van der Waals surface area (Å²) in [6.45, 7) is 17.6. The third-order valence-electron chi connectivity index (χ3n) is 5.16. The van der Waals surface area contributed by atoms with E-state index in [1.165, 1.54) is 22.3 Å². The molecule has 3 aromatic rings. The number of nitrogens with one attached hydrogen (secondary N) is 1. The molecule has 3 rings (SSSR count). The third-order valence-corrected chi connectivity index (χ3v) is 5.16. The average Bonchev–Trinajstić information content (AvgIpc) is 3.04. The van der Waals surface area contributed by atoms with E-state index in [2.05, 4.69) is 78.6 Å². The molecule has 1 aromatic carbocycles. The van der Waals surface area contributed by atoms with Crippen LogP contribution >= 0.6 is 0 Å². The summed E-state index contributed by atoms with van der Waals surface area (Å²) in [5.41, 5.74) is 9.52. The van der Waals surface area contributed by atoms with E-state index < -0.39 is 0 Å². The lowest BCUT2D eigenvalue weighted by molar-refractivity contribution is 0.562. The number of fused-ring (bicyclic) bond motifs is 1. The second-order valence-corrected chi connectivity index (χ2v) is 8.72. The van der Waals surface area contributed by atoms with Crippen molar-refractivity contribution in [1.29, 1.82) is 0 Å². The molecule has 28 heavy (non-hydrogen) atoms. The van der Waals surface area contributed by atoms with Crippen LogP contribution < -0.4 is 0 Å². The number of aromatic nitrogens is 3. The number of imidazole rings is 1. The lowest BCUT2D eigenvalue weighted by atomic mass is 9.87. The Hall–Kier alpha value is -2.23. The van der Waals surface area contributed by atoms with Crippen molar-refractivity contribution in [2.45, 2.75) is 73.1 Å². The number of nitrogens with zero attached hydrogens (tertiary/aromatic N) is 2. The van der Waals surface area contributed by atoms with Gasteiger partial charge in [-0.2, -0.15) is 0 Å². The van der Waals surface area contributed by atoms with Gasteiger partial charge in [-0.1, -0.05) is 41.5 Å². The third kappa shape index (κ3) is 4.26. The van der Waals surface area contributed by atoms with Crippen LogP contribution in [0, 0.1) is 13.8 Å². The van der Waals surface area contributed by atoms with Crippen molar-refractivity contribution >= 4 is 11.0 Å². The maximum Gasteiger partial charge on any atom is 0.140 e. The van der Waals surface area contributed by atoms with E-state index in [0.29, 0.717) is 13.1 Å². The molecule has 0 fully saturated rings. The molecule has 0 aliphatic heterocycles. The highest BCUT2D eigenvalue weighted by molar-refractivity contribution is 5.82. The van der Waals surface area contributed by atoms with Gasteiger partial charge < -0.3 is 4.98 Å². The van der Waals surface area contributed by atoms with Crippen LogP contribution in [0.2, 0.25) is 0 Å². The van der Waals surface area contributed by atoms with Gasteiger partial charge in [0.25, 0.3) is 0 Å². The van der Waals surface area contributed by atoms with E-state index in [4.69, 9.17) is 9.97 Å². The van der Waals surface area contributed by atoms with Crippen molar-refractivity contribution in [2.75, 3.05) is 7.18 Å². The second kappa shape index (κ2) is 8.42. The molecule has 152 valence electrons. The Morgan fingerprint density at radius 2 is 1.61 bits per heavy atom. The Balaban J connectivity index is 0.00000136. The Labute approximate surface area is 168 Å². The van der Waals surface area contributed by atoms with E-state index in [0.717, 1.165) is 34.7 Å². The number of hydrogen-bond donors (Lipinski definition) is 1. The van der Waals surface area contributed by atoms with Crippen LogP contribution in [0.5, 0.6) is 0 Å². The van der Waals surface area contributed by atoms with E-state index in [-0.39, 0.29) is 5.41 Å². The molecule has 0 radical (unpaired) electrons. The summed E-state index contributed by atoms with van der Waals surface area (Å²) in [6.07, 6.45) is 0.968. The lowest BCUT2D eigenvalue weighted by Gasteiger charge is -2.23. The van der Waals surface area contributed by atoms with Crippen molar-refractivity contribution in [2.24, 2.45) is 0 Å². The number of halogens is 1. The smallest absolute Gasteiger partial charge is 0.140 e. The monoisotopic (exact) mass is 383 g/mol. The predicted molar refractivity (Wildman–Crippen MR) is 118 cm³/mol. The maximum atomic E-state index is 9.50. The zero-order valence-corrected chi connectivity index (χ0v) is 18.8. The van der Waals surface area contributed by atoms with Gasteiger partial charge in [-0.3, -0.25) is 9.37 Å². The van der Waals surface area contributed by atoms with Crippen LogP contribution in [0.3, 0.4) is 0 Å². The fourth-order valence-electron chi connectivity index (χ4n) is 3.36. The topological polar surface area (TPSA) is 41.6 Å². The first-order valence-corrected chi connectivity index (χ1v) is 10.0. The zero-order valence-electron chi connectivity index (χ0n) is 18.8. The molecule has 0 spiro atoms. The number of H-pyrrole nitrogens is 1. The summed E-state index contributed by atoms with van der Waals surface area (Å²) in [4.78, 5) is 13.6. The zero-order chi connectivity index (χ0) is 21.2. The molecule has 0 aliphatic carbocycles. The molecule has 0 unspecified atom stereocenters. The van der Waals surface area contributed by atoms with Gasteiger partial charge in [0.2, 0.25) is 0 Å². The van der Waals surface area contributed by atoms with Gasteiger partial charge in [-0.05, 0) is 61.1 Å². The van der Waals surface area contributed by atoms with E-state index >= 15 is 0 Å². The second-order valence-electron chi connectivity index (χ2n) is 8.72. The lowest BCUT2D eigenvalue weighted by Crippen LogP contribution is -2.17. The number of rotatable bonds is 3. The highest BCUT2D eigenvalue weighted by Gasteiger charge is 2.23. The Morgan fingerprint density at radius 3 is 2.14 bits per heavy atom. The molecule has 0 saturated carbocycles. The number of hydrogen-bond acceptors (Lipinski definition) is 2. The highest BCUT2D eigenvalue weighted by Crippen LogP contribution is 2.34. The molecule has 0 aliphatic rings. The van der Waals surface area contributed by atoms with Gasteiger partial charge in [-0.15, -0.1) is 0 Å². The van der Waals surface area contributed by atoms with Crippen LogP contribution in [0.25, 0.3) is 22.4 Å². The van der Waals surface area contributed by atoms with Crippen LogP contribution in [0.15, 0.2) is 18.2 Å². The van der Waals surface area contributed by atoms with Crippen LogP contribution in [0.4, 0.5) is 4.39 Å². The fourth-order valence-corrected chi connectivity index (χ4v) is 3.36. The number of benzene rings is 1. The molecule has 3 nitrogen and oxygen atoms in total. The molecule has 0 amide bonds. The minimum absolute atomic E-state index is 0.0359. The number of pyridine rings is 1. The average molecular weight is 384 g/mol. The normalized spacial score (nSPS) is 11.7. The minimum atomic E-state index is 0.0359. The molecule has 0 bridgehead atoms. The van der Waals surface area contributed by atoms with Crippen LogP contribution in [-0.4, -0.2) is 22.1 Å². The first-order valence-electron chi connectivity index (χ1n) is 10.0. The van der Waals surface area contributed by atoms with Gasteiger partial charge in [0.1, 0.15) is 5.82 Å². The van der Waals surface area contributed by atoms with Crippen molar-refractivity contribution in [3.05, 3.63) is 46.3 Å². The van der Waals surface area contributed by atoms with E-state index in [9.17, 15) is 4.39 Å². The molecule has 1 N–H and O–H groups in total. The predicted octanol–water partition coefficient (Wildman–Crippen LogP) is 6.81. The number of aryl methyl sites for hydroxylation is 3. The van der Waals surface area contributed by atoms with Gasteiger partial charge in [0, 0.05) is 16.7 Å². The van der Waals surface area contributed by atoms with Gasteiger partial charge in [-0.25, -0.2) is 4.98 Å². The Bertz CT molecular complexity index is 923. The number of alkyl halides is 1. The van der Waals surface area contributed by atoms with Crippen LogP contribution in [-0.2, 0) is 11.8 Å². The molecule has 0 atom stereocenters. The SMILES string of the molecule is CCc1cc(C(C)(C)C)nc(C(C)C)c1-c1nc2cc(C)c(C)cc2[nH]1.CF. The molecule has 2 aromatic heterocycles. The largest absolute Gasteiger partial charge is 0.338 e. The molecule has 4 heteroatoms. The fraction of sp³-hybridized carbons (Fsp3) is 0.500. The summed E-state index contributed by atoms with van der Waals surface area (Å²) in [5, 5.41) is 0. The standard InChI is InChI=1S/C23H31N3.CH3F/c1-9-16-12-19(23(6,7)8)26-21(13(2)3)20(16)22-24-17-10-14(4)15(5)11-18(17)25-22;1-2/h10-13H,9H2,1-8H3,(H,24,25);1H3. The van der Waals surface area contributed by atoms with Gasteiger partial charge in [0.05, 0.1) is 23.9 Å². The Kier molecular flexibility index (Phi) is 6.63. The molecular formula is C24H34FN3. The van der Waals surface area contributed by atoms with Crippen LogP contribution in [0.1, 0.15) is 75.5 Å². The highest BCUT2D eigenvalue weighted by atomic mass is 19.1. The van der Waals surface area contributed by atoms with Gasteiger partial charge >= 0.3 is 0 Å². The maximum absolute atomic E-state index is 9.50. The van der Waals surface area contributed by atoms with E-state index in [1.807, 2.05) is 0 Å². The first kappa shape index (κ1) is 22.1. The quantitative estimate of drug-likeness (QED) is 0.539. The Morgan fingerprint density at radius 1 is 1.00 bits per heavy atom. The summed E-state index contributed by atoms with van der Waals surface area (Å²) in [7, 11) is 0.500. The molecular weight excluding hydrogens is 349 g/mol. The summed E-state index contributed by atoms with van der Waals surface area (Å²) in [5.74, 6) is 1.28. The summed E-state index contributed by atoms with van der Waals surface area (Å²) < 4.78 is 9.50. The van der Waals surface area contributed by atoms with Crippen molar-refractivity contribution in [3.63, 3.8) is 0 Å². The number of aromatic amines is 1. The first-order chi connectivity index (χ1) is 13.1. The van der Waals surface area contributed by atoms with Crippen molar-refractivity contribution < 1.29 is 4.39 Å². The minimum Gasteiger partial charge on any atom is -0.338 e. The summed E-state index contributed by atoms with van der Waals surface area (Å²) in [6, 6.07) is 6.63. The summed E-state index contributed by atoms with van der Waals surface area (Å²) >= 11 is 0. The van der Waals surface area contributed by atoms with Crippen molar-refractivity contribution in [3.8, 4) is 11.4 Å². The molecule has 0 saturated heterocycles. The van der Waals surface area contributed by atoms with Crippen molar-refractivity contribution in [1.82, 2.24) is 15.0 Å². The van der Waals surface area contributed by atoms with E-state index in [1.54, 1.807) is 0 Å².